The summed E-state index contributed by atoms with van der Waals surface area (Å²) in [6.07, 6.45) is 1.63. The summed E-state index contributed by atoms with van der Waals surface area (Å²) in [5.41, 5.74) is 1.95. The fourth-order valence-corrected chi connectivity index (χ4v) is 3.18. The Morgan fingerprint density at radius 3 is 2.58 bits per heavy atom. The van der Waals surface area contributed by atoms with Crippen LogP contribution < -0.4 is 9.47 Å². The molecule has 0 amide bonds. The van der Waals surface area contributed by atoms with Crippen LogP contribution in [0.3, 0.4) is 0 Å². The first-order chi connectivity index (χ1) is 12.7. The minimum absolute atomic E-state index is 0.231. The van der Waals surface area contributed by atoms with Gasteiger partial charge in [0.1, 0.15) is 18.1 Å². The summed E-state index contributed by atoms with van der Waals surface area (Å²) in [4.78, 5) is 12.4. The summed E-state index contributed by atoms with van der Waals surface area (Å²) >= 11 is 1.39. The van der Waals surface area contributed by atoms with E-state index in [4.69, 9.17) is 9.47 Å². The quantitative estimate of drug-likeness (QED) is 0.601. The van der Waals surface area contributed by atoms with Gasteiger partial charge >= 0.3 is 5.97 Å². The lowest BCUT2D eigenvalue weighted by molar-refractivity contribution is -0.130. The van der Waals surface area contributed by atoms with E-state index in [0.29, 0.717) is 28.5 Å². The third kappa shape index (κ3) is 4.32. The lowest BCUT2D eigenvalue weighted by Gasteiger charge is -2.12. The van der Waals surface area contributed by atoms with Gasteiger partial charge in [-0.25, -0.2) is 4.79 Å². The van der Waals surface area contributed by atoms with Crippen LogP contribution in [0.25, 0.3) is 11.6 Å². The van der Waals surface area contributed by atoms with E-state index < -0.39 is 5.97 Å². The number of thiophene rings is 1. The molecule has 0 saturated carbocycles. The van der Waals surface area contributed by atoms with E-state index in [1.807, 2.05) is 41.8 Å². The molecule has 5 heteroatoms. The molecule has 1 heterocycles. The second-order valence-electron chi connectivity index (χ2n) is 5.52. The van der Waals surface area contributed by atoms with Gasteiger partial charge in [0.05, 0.1) is 12.7 Å². The summed E-state index contributed by atoms with van der Waals surface area (Å²) in [5.74, 6) is 0.249. The number of carboxylic acid groups (broad SMARTS) is 1. The van der Waals surface area contributed by atoms with E-state index in [-0.39, 0.29) is 5.57 Å². The van der Waals surface area contributed by atoms with Gasteiger partial charge in [-0.05, 0) is 35.2 Å². The van der Waals surface area contributed by atoms with Crippen molar-refractivity contribution in [2.75, 3.05) is 7.11 Å². The molecule has 0 radical (unpaired) electrons. The van der Waals surface area contributed by atoms with Crippen LogP contribution in [-0.2, 0) is 11.4 Å². The van der Waals surface area contributed by atoms with Crippen LogP contribution in [0.4, 0.5) is 0 Å². The fourth-order valence-electron chi connectivity index (χ4n) is 2.45. The Morgan fingerprint density at radius 1 is 1.12 bits per heavy atom. The molecule has 1 aromatic heterocycles. The molecule has 0 spiro atoms. The lowest BCUT2D eigenvalue weighted by Crippen LogP contribution is -2.00. The predicted octanol–water partition coefficient (Wildman–Crippen LogP) is 4.96. The number of benzene rings is 2. The normalized spacial score (nSPS) is 11.2. The second-order valence-corrected chi connectivity index (χ2v) is 6.47. The molecular weight excluding hydrogens is 348 g/mol. The molecular formula is C21H18O4S. The van der Waals surface area contributed by atoms with Gasteiger partial charge in [-0.2, -0.15) is 0 Å². The zero-order valence-electron chi connectivity index (χ0n) is 14.2. The average molecular weight is 366 g/mol. The van der Waals surface area contributed by atoms with Crippen LogP contribution in [0.2, 0.25) is 0 Å². The molecule has 0 saturated heterocycles. The van der Waals surface area contributed by atoms with Gasteiger partial charge in [0, 0.05) is 16.5 Å². The minimum Gasteiger partial charge on any atom is -0.497 e. The van der Waals surface area contributed by atoms with E-state index >= 15 is 0 Å². The van der Waals surface area contributed by atoms with Crippen molar-refractivity contribution in [1.82, 2.24) is 0 Å². The Balaban J connectivity index is 1.95. The zero-order chi connectivity index (χ0) is 18.4. The van der Waals surface area contributed by atoms with Crippen LogP contribution >= 0.6 is 11.3 Å². The van der Waals surface area contributed by atoms with E-state index in [0.717, 1.165) is 5.56 Å². The number of hydrogen-bond acceptors (Lipinski definition) is 4. The molecule has 4 nitrogen and oxygen atoms in total. The molecule has 0 bridgehead atoms. The summed E-state index contributed by atoms with van der Waals surface area (Å²) in [6, 6.07) is 18.8. The van der Waals surface area contributed by atoms with Crippen molar-refractivity contribution in [2.24, 2.45) is 0 Å². The van der Waals surface area contributed by atoms with Gasteiger partial charge < -0.3 is 14.6 Å². The van der Waals surface area contributed by atoms with Crippen molar-refractivity contribution >= 4 is 29.0 Å². The van der Waals surface area contributed by atoms with Gasteiger partial charge in [0.25, 0.3) is 0 Å². The maximum absolute atomic E-state index is 11.7. The standard InChI is InChI=1S/C21H18O4S/c1-24-17-10-9-16(12-18(21(22)23)20-8-5-11-26-20)19(13-17)25-14-15-6-3-2-4-7-15/h2-13H,14H2,1H3,(H,22,23)/b18-12-. The van der Waals surface area contributed by atoms with E-state index in [1.165, 1.54) is 11.3 Å². The molecule has 2 aromatic carbocycles. The van der Waals surface area contributed by atoms with Crippen molar-refractivity contribution in [3.05, 3.63) is 82.0 Å². The molecule has 0 aliphatic rings. The summed E-state index contributed by atoms with van der Waals surface area (Å²) < 4.78 is 11.2. The number of aliphatic carboxylic acids is 1. The van der Waals surface area contributed by atoms with Gasteiger partial charge in [-0.3, -0.25) is 0 Å². The Hall–Kier alpha value is -3.05. The highest BCUT2D eigenvalue weighted by Gasteiger charge is 2.14. The molecule has 0 aliphatic carbocycles. The van der Waals surface area contributed by atoms with Crippen LogP contribution in [0.15, 0.2) is 66.0 Å². The van der Waals surface area contributed by atoms with Crippen LogP contribution in [0.5, 0.6) is 11.5 Å². The maximum Gasteiger partial charge on any atom is 0.337 e. The molecule has 3 aromatic rings. The van der Waals surface area contributed by atoms with Crippen LogP contribution in [0.1, 0.15) is 16.0 Å². The van der Waals surface area contributed by atoms with Crippen LogP contribution in [-0.4, -0.2) is 18.2 Å². The largest absolute Gasteiger partial charge is 0.497 e. The first-order valence-electron chi connectivity index (χ1n) is 8.01. The third-order valence-electron chi connectivity index (χ3n) is 3.77. The number of hydrogen-bond donors (Lipinski definition) is 1. The van der Waals surface area contributed by atoms with Crippen molar-refractivity contribution in [3.63, 3.8) is 0 Å². The van der Waals surface area contributed by atoms with E-state index in [1.54, 1.807) is 37.5 Å². The Kier molecular flexibility index (Phi) is 5.71. The van der Waals surface area contributed by atoms with Crippen LogP contribution in [0, 0.1) is 0 Å². The molecule has 3 rings (SSSR count). The Labute approximate surface area is 156 Å². The Bertz CT molecular complexity index is 899. The highest BCUT2D eigenvalue weighted by atomic mass is 32.1. The lowest BCUT2D eigenvalue weighted by atomic mass is 10.1. The average Bonchev–Trinajstić information content (AvgIpc) is 3.19. The maximum atomic E-state index is 11.7. The van der Waals surface area contributed by atoms with Gasteiger partial charge in [-0.1, -0.05) is 36.4 Å². The number of carbonyl (C=O) groups is 1. The van der Waals surface area contributed by atoms with Gasteiger partial charge in [0.2, 0.25) is 0 Å². The van der Waals surface area contributed by atoms with E-state index in [2.05, 4.69) is 0 Å². The molecule has 0 atom stereocenters. The summed E-state index contributed by atoms with van der Waals surface area (Å²) in [6.45, 7) is 0.385. The fraction of sp³-hybridized carbons (Fsp3) is 0.0952. The van der Waals surface area contributed by atoms with Crippen molar-refractivity contribution in [1.29, 1.82) is 0 Å². The molecule has 0 unspecified atom stereocenters. The summed E-state index contributed by atoms with van der Waals surface area (Å²) in [5, 5.41) is 11.4. The second kappa shape index (κ2) is 8.36. The highest BCUT2D eigenvalue weighted by molar-refractivity contribution is 7.11. The number of ether oxygens (including phenoxy) is 2. The molecule has 0 aliphatic heterocycles. The Morgan fingerprint density at radius 2 is 1.92 bits per heavy atom. The van der Waals surface area contributed by atoms with Gasteiger partial charge in [0.15, 0.2) is 0 Å². The molecule has 132 valence electrons. The van der Waals surface area contributed by atoms with Crippen molar-refractivity contribution < 1.29 is 19.4 Å². The molecule has 0 fully saturated rings. The van der Waals surface area contributed by atoms with Crippen molar-refractivity contribution in [3.8, 4) is 11.5 Å². The first kappa shape index (κ1) is 17.8. The number of rotatable bonds is 7. The zero-order valence-corrected chi connectivity index (χ0v) is 15.0. The topological polar surface area (TPSA) is 55.8 Å². The predicted molar refractivity (Wildman–Crippen MR) is 104 cm³/mol. The third-order valence-corrected chi connectivity index (χ3v) is 4.68. The van der Waals surface area contributed by atoms with Gasteiger partial charge in [-0.15, -0.1) is 11.3 Å². The SMILES string of the molecule is COc1ccc(/C=C(\C(=O)O)c2cccs2)c(OCc2ccccc2)c1. The molecule has 1 N–H and O–H groups in total. The summed E-state index contributed by atoms with van der Waals surface area (Å²) in [7, 11) is 1.58. The number of carboxylic acids is 1. The minimum atomic E-state index is -0.975. The van der Waals surface area contributed by atoms with E-state index in [9.17, 15) is 9.90 Å². The molecule has 26 heavy (non-hydrogen) atoms. The van der Waals surface area contributed by atoms with Crippen molar-refractivity contribution in [2.45, 2.75) is 6.61 Å². The first-order valence-corrected chi connectivity index (χ1v) is 8.89. The smallest absolute Gasteiger partial charge is 0.337 e. The highest BCUT2D eigenvalue weighted by Crippen LogP contribution is 2.31. The number of methoxy groups -OCH3 is 1. The monoisotopic (exact) mass is 366 g/mol.